The second-order valence-electron chi connectivity index (χ2n) is 3.40. The van der Waals surface area contributed by atoms with Crippen molar-refractivity contribution in [3.05, 3.63) is 23.8 Å². The van der Waals surface area contributed by atoms with Gasteiger partial charge in [0, 0.05) is 12.2 Å². The molecule has 0 bridgehead atoms. The van der Waals surface area contributed by atoms with Gasteiger partial charge in [0.15, 0.2) is 9.84 Å². The van der Waals surface area contributed by atoms with E-state index in [-0.39, 0.29) is 5.75 Å². The molecule has 1 N–H and O–H groups in total. The summed E-state index contributed by atoms with van der Waals surface area (Å²) in [6.07, 6.45) is 0.919. The topological polar surface area (TPSA) is 46.2 Å². The molecule has 0 saturated carbocycles. The van der Waals surface area contributed by atoms with Gasteiger partial charge in [-0.25, -0.2) is 8.42 Å². The van der Waals surface area contributed by atoms with Crippen molar-refractivity contribution in [1.82, 2.24) is 0 Å². The molecule has 4 heteroatoms. The van der Waals surface area contributed by atoms with E-state index in [1.807, 2.05) is 6.07 Å². The van der Waals surface area contributed by atoms with Crippen LogP contribution >= 0.6 is 0 Å². The van der Waals surface area contributed by atoms with Crippen molar-refractivity contribution in [3.63, 3.8) is 0 Å². The van der Waals surface area contributed by atoms with Crippen molar-refractivity contribution in [2.24, 2.45) is 0 Å². The monoisotopic (exact) mass is 211 g/mol. The zero-order chi connectivity index (χ0) is 10.2. The third kappa shape index (κ3) is 1.50. The van der Waals surface area contributed by atoms with Crippen LogP contribution in [0.4, 0.5) is 5.69 Å². The molecule has 1 aromatic carbocycles. The fraction of sp³-hybridized carbons (Fsp3) is 0.400. The molecule has 1 aromatic rings. The highest BCUT2D eigenvalue weighted by molar-refractivity contribution is 7.91. The van der Waals surface area contributed by atoms with Crippen LogP contribution in [0.1, 0.15) is 12.5 Å². The summed E-state index contributed by atoms with van der Waals surface area (Å²) >= 11 is 0. The van der Waals surface area contributed by atoms with Crippen LogP contribution in [0.3, 0.4) is 0 Å². The molecule has 3 nitrogen and oxygen atoms in total. The van der Waals surface area contributed by atoms with Gasteiger partial charge in [-0.3, -0.25) is 0 Å². The molecule has 0 saturated heterocycles. The second kappa shape index (κ2) is 3.28. The molecule has 0 spiro atoms. The number of hydrogen-bond acceptors (Lipinski definition) is 3. The minimum atomic E-state index is -3.05. The van der Waals surface area contributed by atoms with Gasteiger partial charge in [0.2, 0.25) is 0 Å². The van der Waals surface area contributed by atoms with Gasteiger partial charge in [-0.15, -0.1) is 0 Å². The zero-order valence-electron chi connectivity index (χ0n) is 8.08. The lowest BCUT2D eigenvalue weighted by atomic mass is 10.2. The Morgan fingerprint density at radius 2 is 2.21 bits per heavy atom. The SMILES string of the molecule is CCS(=O)(=O)c1ccc2c(c1)CCN2. The van der Waals surface area contributed by atoms with E-state index in [2.05, 4.69) is 5.32 Å². The number of benzene rings is 1. The molecule has 0 fully saturated rings. The Bertz CT molecular complexity index is 451. The van der Waals surface area contributed by atoms with E-state index < -0.39 is 9.84 Å². The van der Waals surface area contributed by atoms with Crippen LogP contribution in [0.5, 0.6) is 0 Å². The molecule has 1 heterocycles. The van der Waals surface area contributed by atoms with Gasteiger partial charge in [0.05, 0.1) is 10.6 Å². The van der Waals surface area contributed by atoms with Gasteiger partial charge in [0.1, 0.15) is 0 Å². The Hall–Kier alpha value is -1.03. The lowest BCUT2D eigenvalue weighted by Gasteiger charge is -2.04. The van der Waals surface area contributed by atoms with Crippen molar-refractivity contribution in [2.45, 2.75) is 18.2 Å². The Kier molecular flexibility index (Phi) is 2.23. The number of sulfone groups is 1. The highest BCUT2D eigenvalue weighted by atomic mass is 32.2. The van der Waals surface area contributed by atoms with Crippen LogP contribution in [-0.4, -0.2) is 20.7 Å². The predicted molar refractivity (Wildman–Crippen MR) is 56.4 cm³/mol. The molecule has 0 amide bonds. The highest BCUT2D eigenvalue weighted by Gasteiger charge is 2.16. The lowest BCUT2D eigenvalue weighted by molar-refractivity contribution is 0.597. The first kappa shape index (κ1) is 9.52. The zero-order valence-corrected chi connectivity index (χ0v) is 8.89. The molecule has 1 aliphatic heterocycles. The van der Waals surface area contributed by atoms with Gasteiger partial charge >= 0.3 is 0 Å². The maximum atomic E-state index is 11.6. The minimum absolute atomic E-state index is 0.166. The van der Waals surface area contributed by atoms with Crippen molar-refractivity contribution >= 4 is 15.5 Å². The van der Waals surface area contributed by atoms with Crippen LogP contribution < -0.4 is 5.32 Å². The first-order chi connectivity index (χ1) is 6.63. The molecule has 0 radical (unpaired) electrons. The van der Waals surface area contributed by atoms with E-state index in [1.165, 1.54) is 0 Å². The van der Waals surface area contributed by atoms with E-state index in [9.17, 15) is 8.42 Å². The van der Waals surface area contributed by atoms with Crippen molar-refractivity contribution in [1.29, 1.82) is 0 Å². The van der Waals surface area contributed by atoms with Gasteiger partial charge < -0.3 is 5.32 Å². The molecule has 0 unspecified atom stereocenters. The summed E-state index contributed by atoms with van der Waals surface area (Å²) in [7, 11) is -3.05. The molecule has 2 rings (SSSR count). The smallest absolute Gasteiger partial charge is 0.178 e. The molecule has 0 aromatic heterocycles. The Labute approximate surface area is 84.1 Å². The van der Waals surface area contributed by atoms with Crippen LogP contribution in [0.25, 0.3) is 0 Å². The Balaban J connectivity index is 2.48. The van der Waals surface area contributed by atoms with E-state index in [4.69, 9.17) is 0 Å². The van der Waals surface area contributed by atoms with E-state index >= 15 is 0 Å². The molecule has 0 aliphatic carbocycles. The average Bonchev–Trinajstić information content (AvgIpc) is 2.64. The van der Waals surface area contributed by atoms with Gasteiger partial charge in [-0.1, -0.05) is 6.92 Å². The van der Waals surface area contributed by atoms with Crippen LogP contribution in [0.15, 0.2) is 23.1 Å². The molecule has 1 aliphatic rings. The van der Waals surface area contributed by atoms with Crippen LogP contribution in [-0.2, 0) is 16.3 Å². The standard InChI is InChI=1S/C10H13NO2S/c1-2-14(12,13)9-3-4-10-8(7-9)5-6-11-10/h3-4,7,11H,2,5-6H2,1H3. The Morgan fingerprint density at radius 3 is 2.93 bits per heavy atom. The average molecular weight is 211 g/mol. The van der Waals surface area contributed by atoms with Gasteiger partial charge in [0.25, 0.3) is 0 Å². The lowest BCUT2D eigenvalue weighted by Crippen LogP contribution is -2.03. The summed E-state index contributed by atoms with van der Waals surface area (Å²) in [5.41, 5.74) is 2.18. The first-order valence-corrected chi connectivity index (χ1v) is 6.38. The fourth-order valence-electron chi connectivity index (χ4n) is 1.64. The first-order valence-electron chi connectivity index (χ1n) is 4.73. The largest absolute Gasteiger partial charge is 0.384 e. The number of rotatable bonds is 2. The second-order valence-corrected chi connectivity index (χ2v) is 5.68. The van der Waals surface area contributed by atoms with E-state index in [0.717, 1.165) is 24.2 Å². The van der Waals surface area contributed by atoms with Crippen molar-refractivity contribution in [2.75, 3.05) is 17.6 Å². The molecule has 14 heavy (non-hydrogen) atoms. The summed E-state index contributed by atoms with van der Waals surface area (Å²) in [6, 6.07) is 5.31. The number of hydrogen-bond donors (Lipinski definition) is 1. The normalized spacial score (nSPS) is 14.9. The predicted octanol–water partition coefficient (Wildman–Crippen LogP) is 1.45. The Morgan fingerprint density at radius 1 is 1.43 bits per heavy atom. The molecular formula is C10H13NO2S. The van der Waals surface area contributed by atoms with Gasteiger partial charge in [-0.2, -0.15) is 0 Å². The third-order valence-corrected chi connectivity index (χ3v) is 4.26. The number of anilines is 1. The number of fused-ring (bicyclic) bond motifs is 1. The summed E-state index contributed by atoms with van der Waals surface area (Å²) in [5, 5.41) is 3.20. The summed E-state index contributed by atoms with van der Waals surface area (Å²) in [5.74, 6) is 0.166. The van der Waals surface area contributed by atoms with E-state index in [1.54, 1.807) is 19.1 Å². The van der Waals surface area contributed by atoms with Crippen LogP contribution in [0.2, 0.25) is 0 Å². The molecular weight excluding hydrogens is 198 g/mol. The quantitative estimate of drug-likeness (QED) is 0.805. The van der Waals surface area contributed by atoms with Crippen LogP contribution in [0, 0.1) is 0 Å². The van der Waals surface area contributed by atoms with Gasteiger partial charge in [-0.05, 0) is 30.2 Å². The fourth-order valence-corrected chi connectivity index (χ4v) is 2.57. The maximum absolute atomic E-state index is 11.6. The summed E-state index contributed by atoms with van der Waals surface area (Å²) in [4.78, 5) is 0.447. The minimum Gasteiger partial charge on any atom is -0.384 e. The number of nitrogens with one attached hydrogen (secondary N) is 1. The molecule has 76 valence electrons. The third-order valence-electron chi connectivity index (χ3n) is 2.53. The van der Waals surface area contributed by atoms with Crippen molar-refractivity contribution in [3.8, 4) is 0 Å². The highest BCUT2D eigenvalue weighted by Crippen LogP contribution is 2.25. The summed E-state index contributed by atoms with van der Waals surface area (Å²) in [6.45, 7) is 2.58. The summed E-state index contributed by atoms with van der Waals surface area (Å²) < 4.78 is 23.2. The van der Waals surface area contributed by atoms with E-state index in [0.29, 0.717) is 4.90 Å². The molecule has 0 atom stereocenters. The van der Waals surface area contributed by atoms with Crippen molar-refractivity contribution < 1.29 is 8.42 Å². The maximum Gasteiger partial charge on any atom is 0.178 e.